The first-order valence-corrected chi connectivity index (χ1v) is 6.19. The Balaban J connectivity index is 2.11. The zero-order chi connectivity index (χ0) is 15.2. The normalized spacial score (nSPS) is 10.1. The van der Waals surface area contributed by atoms with Crippen LogP contribution in [-0.4, -0.2) is 25.0 Å². The van der Waals surface area contributed by atoms with Gasteiger partial charge in [0.1, 0.15) is 5.58 Å². The van der Waals surface area contributed by atoms with E-state index in [0.29, 0.717) is 5.39 Å². The molecule has 1 amide bonds. The summed E-state index contributed by atoms with van der Waals surface area (Å²) in [6.45, 7) is 3.27. The summed E-state index contributed by atoms with van der Waals surface area (Å²) in [5.74, 6) is -1.58. The number of carbonyl (C=O) groups is 2. The second kappa shape index (κ2) is 6.51. The van der Waals surface area contributed by atoms with Gasteiger partial charge < -0.3 is 14.5 Å². The molecule has 0 aliphatic carbocycles. The molecule has 0 aliphatic rings. The van der Waals surface area contributed by atoms with Crippen LogP contribution in [-0.2, 0) is 9.53 Å². The molecule has 0 saturated carbocycles. The highest BCUT2D eigenvalue weighted by molar-refractivity contribution is 5.90. The lowest BCUT2D eigenvalue weighted by molar-refractivity contribution is -0.124. The number of rotatable bonds is 5. The summed E-state index contributed by atoms with van der Waals surface area (Å²) < 4.78 is 10.1. The van der Waals surface area contributed by atoms with Crippen LogP contribution in [0.15, 0.2) is 52.2 Å². The van der Waals surface area contributed by atoms with E-state index in [2.05, 4.69) is 11.9 Å². The van der Waals surface area contributed by atoms with Crippen molar-refractivity contribution in [2.24, 2.45) is 0 Å². The van der Waals surface area contributed by atoms with Gasteiger partial charge in [-0.25, -0.2) is 4.79 Å². The Hall–Kier alpha value is -2.89. The van der Waals surface area contributed by atoms with Crippen molar-refractivity contribution in [1.82, 2.24) is 5.32 Å². The predicted octanol–water partition coefficient (Wildman–Crippen LogP) is 1.25. The topological polar surface area (TPSA) is 85.6 Å². The lowest BCUT2D eigenvalue weighted by Gasteiger charge is -2.05. The molecule has 1 heterocycles. The third-order valence-corrected chi connectivity index (χ3v) is 2.61. The van der Waals surface area contributed by atoms with Crippen LogP contribution in [0.1, 0.15) is 10.6 Å². The van der Waals surface area contributed by atoms with Gasteiger partial charge in [0.15, 0.2) is 12.0 Å². The number of hydrogen-bond donors (Lipinski definition) is 1. The molecule has 0 bridgehead atoms. The van der Waals surface area contributed by atoms with Crippen molar-refractivity contribution < 1.29 is 18.7 Å². The van der Waals surface area contributed by atoms with E-state index in [0.717, 1.165) is 6.07 Å². The van der Waals surface area contributed by atoms with Gasteiger partial charge in [-0.15, -0.1) is 6.58 Å². The minimum atomic E-state index is -0.869. The van der Waals surface area contributed by atoms with E-state index in [9.17, 15) is 14.4 Å². The van der Waals surface area contributed by atoms with Gasteiger partial charge in [0.05, 0.1) is 5.39 Å². The average molecular weight is 287 g/mol. The molecular weight excluding hydrogens is 274 g/mol. The third kappa shape index (κ3) is 3.56. The van der Waals surface area contributed by atoms with Gasteiger partial charge in [0.25, 0.3) is 5.91 Å². The van der Waals surface area contributed by atoms with Crippen LogP contribution in [0.2, 0.25) is 0 Å². The Labute approximate surface area is 120 Å². The van der Waals surface area contributed by atoms with Gasteiger partial charge in [-0.3, -0.25) is 9.59 Å². The molecule has 0 unspecified atom stereocenters. The van der Waals surface area contributed by atoms with Crippen LogP contribution in [0.4, 0.5) is 0 Å². The van der Waals surface area contributed by atoms with Crippen LogP contribution in [0.3, 0.4) is 0 Å². The number of amides is 1. The summed E-state index contributed by atoms with van der Waals surface area (Å²) in [4.78, 5) is 34.9. The first-order valence-electron chi connectivity index (χ1n) is 6.19. The summed E-state index contributed by atoms with van der Waals surface area (Å²) in [5.41, 5.74) is -0.0621. The van der Waals surface area contributed by atoms with Crippen molar-refractivity contribution in [3.8, 4) is 0 Å². The van der Waals surface area contributed by atoms with E-state index in [1.807, 2.05) is 0 Å². The molecule has 0 fully saturated rings. The number of para-hydroxylation sites is 1. The van der Waals surface area contributed by atoms with Gasteiger partial charge >= 0.3 is 5.97 Å². The van der Waals surface area contributed by atoms with E-state index >= 15 is 0 Å². The number of nitrogens with one attached hydrogen (secondary N) is 1. The molecule has 1 N–H and O–H groups in total. The smallest absolute Gasteiger partial charge is 0.374 e. The summed E-state index contributed by atoms with van der Waals surface area (Å²) in [5, 5.41) is 2.83. The van der Waals surface area contributed by atoms with Gasteiger partial charge in [0.2, 0.25) is 5.76 Å². The fraction of sp³-hybridized carbons (Fsp3) is 0.133. The second-order valence-electron chi connectivity index (χ2n) is 4.14. The molecule has 2 rings (SSSR count). The molecule has 1 aromatic carbocycles. The van der Waals surface area contributed by atoms with E-state index < -0.39 is 18.5 Å². The Morgan fingerprint density at radius 3 is 2.86 bits per heavy atom. The van der Waals surface area contributed by atoms with Gasteiger partial charge in [-0.2, -0.15) is 0 Å². The minimum absolute atomic E-state index is 0.241. The highest BCUT2D eigenvalue weighted by atomic mass is 16.5. The second-order valence-corrected chi connectivity index (χ2v) is 4.14. The number of hydrogen-bond acceptors (Lipinski definition) is 5. The van der Waals surface area contributed by atoms with Crippen LogP contribution in [0.5, 0.6) is 0 Å². The molecule has 0 aliphatic heterocycles. The quantitative estimate of drug-likeness (QED) is 0.660. The largest absolute Gasteiger partial charge is 0.450 e. The Morgan fingerprint density at radius 2 is 2.10 bits per heavy atom. The summed E-state index contributed by atoms with van der Waals surface area (Å²) in [7, 11) is 0. The lowest BCUT2D eigenvalue weighted by Crippen LogP contribution is -2.28. The molecule has 6 nitrogen and oxygen atoms in total. The molecule has 0 atom stereocenters. The molecule has 2 aromatic rings. The summed E-state index contributed by atoms with van der Waals surface area (Å²) in [6, 6.07) is 7.60. The number of ether oxygens (including phenoxy) is 1. The van der Waals surface area contributed by atoms with Crippen molar-refractivity contribution in [2.75, 3.05) is 13.2 Å². The number of carbonyl (C=O) groups excluding carboxylic acids is 2. The van der Waals surface area contributed by atoms with Gasteiger partial charge in [-0.1, -0.05) is 18.2 Å². The maximum Gasteiger partial charge on any atom is 0.374 e. The molecule has 0 radical (unpaired) electrons. The first-order chi connectivity index (χ1) is 10.1. The van der Waals surface area contributed by atoms with E-state index in [-0.39, 0.29) is 23.3 Å². The van der Waals surface area contributed by atoms with Crippen LogP contribution < -0.4 is 10.7 Å². The Kier molecular flexibility index (Phi) is 4.50. The van der Waals surface area contributed by atoms with Crippen molar-refractivity contribution in [1.29, 1.82) is 0 Å². The molecule has 0 spiro atoms. The molecule has 1 aromatic heterocycles. The van der Waals surface area contributed by atoms with Crippen LogP contribution in [0, 0.1) is 0 Å². The van der Waals surface area contributed by atoms with Gasteiger partial charge in [-0.05, 0) is 12.1 Å². The fourth-order valence-electron chi connectivity index (χ4n) is 1.64. The number of benzene rings is 1. The summed E-state index contributed by atoms with van der Waals surface area (Å²) >= 11 is 0. The maximum absolute atomic E-state index is 11.8. The zero-order valence-electron chi connectivity index (χ0n) is 11.1. The number of fused-ring (bicyclic) bond motifs is 1. The fourth-order valence-corrected chi connectivity index (χ4v) is 1.64. The minimum Gasteiger partial charge on any atom is -0.450 e. The lowest BCUT2D eigenvalue weighted by atomic mass is 10.2. The molecule has 0 saturated heterocycles. The van der Waals surface area contributed by atoms with E-state index in [1.165, 1.54) is 6.08 Å². The monoisotopic (exact) mass is 287 g/mol. The van der Waals surface area contributed by atoms with Crippen molar-refractivity contribution in [3.05, 3.63) is 59.0 Å². The third-order valence-electron chi connectivity index (χ3n) is 2.61. The number of esters is 1. The van der Waals surface area contributed by atoms with Crippen molar-refractivity contribution in [3.63, 3.8) is 0 Å². The molecule has 21 heavy (non-hydrogen) atoms. The van der Waals surface area contributed by atoms with Crippen LogP contribution >= 0.6 is 0 Å². The van der Waals surface area contributed by atoms with Crippen molar-refractivity contribution in [2.45, 2.75) is 0 Å². The summed E-state index contributed by atoms with van der Waals surface area (Å²) in [6.07, 6.45) is 1.50. The van der Waals surface area contributed by atoms with E-state index in [4.69, 9.17) is 9.15 Å². The molecular formula is C15H13NO5. The van der Waals surface area contributed by atoms with Crippen LogP contribution in [0.25, 0.3) is 11.0 Å². The highest BCUT2D eigenvalue weighted by Gasteiger charge is 2.15. The average Bonchev–Trinajstić information content (AvgIpc) is 2.50. The first kappa shape index (κ1) is 14.5. The molecule has 6 heteroatoms. The van der Waals surface area contributed by atoms with E-state index in [1.54, 1.807) is 24.3 Å². The Bertz CT molecular complexity index is 747. The molecule has 108 valence electrons. The highest BCUT2D eigenvalue weighted by Crippen LogP contribution is 2.12. The zero-order valence-corrected chi connectivity index (χ0v) is 11.1. The van der Waals surface area contributed by atoms with Crippen molar-refractivity contribution >= 4 is 22.8 Å². The van der Waals surface area contributed by atoms with Gasteiger partial charge in [0, 0.05) is 12.6 Å². The Morgan fingerprint density at radius 1 is 1.33 bits per heavy atom. The predicted molar refractivity (Wildman–Crippen MR) is 76.0 cm³/mol. The standard InChI is InChI=1S/C15H13NO5/c1-2-7-16-14(18)9-20-15(19)13-8-11(17)10-5-3-4-6-12(10)21-13/h2-6,8H,1,7,9H2,(H,16,18). The maximum atomic E-state index is 11.8. The SMILES string of the molecule is C=CCNC(=O)COC(=O)c1cc(=O)c2ccccc2o1.